The van der Waals surface area contributed by atoms with Gasteiger partial charge in [-0.1, -0.05) is 25.4 Å². The van der Waals surface area contributed by atoms with E-state index < -0.39 is 0 Å². The zero-order valence-corrected chi connectivity index (χ0v) is 8.74. The minimum absolute atomic E-state index is 0.476. The lowest BCUT2D eigenvalue weighted by atomic mass is 10.1. The Morgan fingerprint density at radius 1 is 1.50 bits per heavy atom. The van der Waals surface area contributed by atoms with Gasteiger partial charge < -0.3 is 5.32 Å². The Labute approximate surface area is 81.5 Å². The van der Waals surface area contributed by atoms with Gasteiger partial charge in [-0.25, -0.2) is 0 Å². The molecule has 0 aliphatic heterocycles. The fourth-order valence-electron chi connectivity index (χ4n) is 0.762. The standard InChI is InChI=1S/C7H12ClN3S/c1-5(2)3-4-9-7-6(8)10-12-11-7/h5H,3-4H2,1-2H3,(H,9,11). The summed E-state index contributed by atoms with van der Waals surface area (Å²) in [6, 6.07) is 0. The topological polar surface area (TPSA) is 37.8 Å². The summed E-state index contributed by atoms with van der Waals surface area (Å²) >= 11 is 6.86. The summed E-state index contributed by atoms with van der Waals surface area (Å²) in [5, 5.41) is 3.60. The Balaban J connectivity index is 2.29. The van der Waals surface area contributed by atoms with Crippen molar-refractivity contribution in [2.75, 3.05) is 11.9 Å². The van der Waals surface area contributed by atoms with Crippen LogP contribution in [0.15, 0.2) is 0 Å². The zero-order valence-electron chi connectivity index (χ0n) is 7.17. The van der Waals surface area contributed by atoms with E-state index in [0.29, 0.717) is 16.9 Å². The van der Waals surface area contributed by atoms with Crippen LogP contribution in [0.25, 0.3) is 0 Å². The van der Waals surface area contributed by atoms with Crippen molar-refractivity contribution in [3.8, 4) is 0 Å². The molecule has 12 heavy (non-hydrogen) atoms. The van der Waals surface area contributed by atoms with Crippen LogP contribution in [-0.2, 0) is 0 Å². The Morgan fingerprint density at radius 2 is 2.25 bits per heavy atom. The molecule has 1 aromatic rings. The van der Waals surface area contributed by atoms with E-state index in [4.69, 9.17) is 11.6 Å². The van der Waals surface area contributed by atoms with Crippen molar-refractivity contribution in [2.45, 2.75) is 20.3 Å². The number of hydrogen-bond donors (Lipinski definition) is 1. The first kappa shape index (κ1) is 9.74. The first-order valence-electron chi connectivity index (χ1n) is 3.92. The number of anilines is 1. The largest absolute Gasteiger partial charge is 0.367 e. The van der Waals surface area contributed by atoms with E-state index in [0.717, 1.165) is 24.7 Å². The fourth-order valence-corrected chi connectivity index (χ4v) is 1.45. The third-order valence-corrected chi connectivity index (χ3v) is 2.35. The molecular formula is C7H12ClN3S. The quantitative estimate of drug-likeness (QED) is 0.822. The molecule has 0 aliphatic carbocycles. The summed E-state index contributed by atoms with van der Waals surface area (Å²) in [6.07, 6.45) is 1.12. The molecule has 68 valence electrons. The molecule has 0 saturated carbocycles. The number of nitrogens with one attached hydrogen (secondary N) is 1. The fraction of sp³-hybridized carbons (Fsp3) is 0.714. The van der Waals surface area contributed by atoms with Crippen molar-refractivity contribution >= 4 is 29.1 Å². The van der Waals surface area contributed by atoms with E-state index in [1.54, 1.807) is 0 Å². The van der Waals surface area contributed by atoms with E-state index in [2.05, 4.69) is 27.9 Å². The second kappa shape index (κ2) is 4.62. The Hall–Kier alpha value is -0.350. The average Bonchev–Trinajstić information content (AvgIpc) is 2.36. The first-order valence-corrected chi connectivity index (χ1v) is 5.03. The third-order valence-electron chi connectivity index (χ3n) is 1.46. The van der Waals surface area contributed by atoms with Crippen molar-refractivity contribution in [3.05, 3.63) is 5.15 Å². The molecule has 0 aromatic carbocycles. The number of nitrogens with zero attached hydrogens (tertiary/aromatic N) is 2. The minimum Gasteiger partial charge on any atom is -0.367 e. The highest BCUT2D eigenvalue weighted by molar-refractivity contribution is 6.99. The van der Waals surface area contributed by atoms with E-state index >= 15 is 0 Å². The van der Waals surface area contributed by atoms with Gasteiger partial charge in [0.2, 0.25) is 0 Å². The maximum Gasteiger partial charge on any atom is 0.186 e. The molecule has 0 radical (unpaired) electrons. The van der Waals surface area contributed by atoms with Crippen LogP contribution in [0, 0.1) is 5.92 Å². The van der Waals surface area contributed by atoms with E-state index in [9.17, 15) is 0 Å². The highest BCUT2D eigenvalue weighted by Crippen LogP contribution is 2.17. The molecule has 5 heteroatoms. The molecular weight excluding hydrogens is 194 g/mol. The molecule has 0 aliphatic rings. The Kier molecular flexibility index (Phi) is 3.75. The normalized spacial score (nSPS) is 10.7. The van der Waals surface area contributed by atoms with Gasteiger partial charge in [0, 0.05) is 6.54 Å². The molecule has 1 aromatic heterocycles. The van der Waals surface area contributed by atoms with E-state index in [1.807, 2.05) is 0 Å². The van der Waals surface area contributed by atoms with Gasteiger partial charge in [0.25, 0.3) is 0 Å². The molecule has 1 heterocycles. The number of hydrogen-bond acceptors (Lipinski definition) is 4. The molecule has 0 atom stereocenters. The summed E-state index contributed by atoms with van der Waals surface area (Å²) in [6.45, 7) is 5.27. The Bertz CT molecular complexity index is 236. The maximum atomic E-state index is 5.73. The van der Waals surface area contributed by atoms with Crippen LogP contribution in [0.1, 0.15) is 20.3 Å². The van der Waals surface area contributed by atoms with Gasteiger partial charge >= 0.3 is 0 Å². The lowest BCUT2D eigenvalue weighted by molar-refractivity contribution is 0.607. The van der Waals surface area contributed by atoms with Crippen LogP contribution in [0.5, 0.6) is 0 Å². The van der Waals surface area contributed by atoms with Gasteiger partial charge in [-0.15, -0.1) is 0 Å². The minimum atomic E-state index is 0.476. The summed E-state index contributed by atoms with van der Waals surface area (Å²) in [4.78, 5) is 0. The van der Waals surface area contributed by atoms with Crippen molar-refractivity contribution in [3.63, 3.8) is 0 Å². The van der Waals surface area contributed by atoms with Crippen LogP contribution in [0.2, 0.25) is 5.15 Å². The predicted octanol–water partition coefficient (Wildman–Crippen LogP) is 2.65. The third kappa shape index (κ3) is 2.95. The summed E-state index contributed by atoms with van der Waals surface area (Å²) < 4.78 is 7.85. The molecule has 0 saturated heterocycles. The van der Waals surface area contributed by atoms with Crippen molar-refractivity contribution in [2.24, 2.45) is 5.92 Å². The SMILES string of the molecule is CC(C)CCNc1nsnc1Cl. The van der Waals surface area contributed by atoms with E-state index in [1.165, 1.54) is 0 Å². The summed E-state index contributed by atoms with van der Waals surface area (Å²) in [5.74, 6) is 1.41. The summed E-state index contributed by atoms with van der Waals surface area (Å²) in [5.41, 5.74) is 0. The molecule has 1 rings (SSSR count). The van der Waals surface area contributed by atoms with Gasteiger partial charge in [0.1, 0.15) is 0 Å². The highest BCUT2D eigenvalue weighted by atomic mass is 35.5. The first-order chi connectivity index (χ1) is 5.70. The molecule has 0 bridgehead atoms. The zero-order chi connectivity index (χ0) is 8.97. The summed E-state index contributed by atoms with van der Waals surface area (Å²) in [7, 11) is 0. The van der Waals surface area contributed by atoms with E-state index in [-0.39, 0.29) is 0 Å². The van der Waals surface area contributed by atoms with Crippen LogP contribution in [-0.4, -0.2) is 15.3 Å². The molecule has 1 N–H and O–H groups in total. The Morgan fingerprint density at radius 3 is 2.75 bits per heavy atom. The average molecular weight is 206 g/mol. The van der Waals surface area contributed by atoms with Crippen LogP contribution < -0.4 is 5.32 Å². The molecule has 0 amide bonds. The lowest BCUT2D eigenvalue weighted by Gasteiger charge is -2.04. The van der Waals surface area contributed by atoms with Crippen molar-refractivity contribution < 1.29 is 0 Å². The molecule has 0 unspecified atom stereocenters. The molecule has 3 nitrogen and oxygen atoms in total. The molecule has 0 spiro atoms. The predicted molar refractivity (Wildman–Crippen MR) is 52.9 cm³/mol. The monoisotopic (exact) mass is 205 g/mol. The molecule has 0 fully saturated rings. The van der Waals surface area contributed by atoms with Crippen molar-refractivity contribution in [1.29, 1.82) is 0 Å². The highest BCUT2D eigenvalue weighted by Gasteiger charge is 2.03. The second-order valence-electron chi connectivity index (χ2n) is 3.01. The van der Waals surface area contributed by atoms with Crippen molar-refractivity contribution in [1.82, 2.24) is 8.75 Å². The van der Waals surface area contributed by atoms with Gasteiger partial charge in [0.05, 0.1) is 11.7 Å². The van der Waals surface area contributed by atoms with Gasteiger partial charge in [-0.2, -0.15) is 8.75 Å². The van der Waals surface area contributed by atoms with Crippen LogP contribution >= 0.6 is 23.3 Å². The van der Waals surface area contributed by atoms with Crippen LogP contribution in [0.3, 0.4) is 0 Å². The number of aromatic nitrogens is 2. The smallest absolute Gasteiger partial charge is 0.186 e. The maximum absolute atomic E-state index is 5.73. The number of halogens is 1. The second-order valence-corrected chi connectivity index (χ2v) is 3.90. The van der Waals surface area contributed by atoms with Gasteiger partial charge in [-0.05, 0) is 12.3 Å². The van der Waals surface area contributed by atoms with Gasteiger partial charge in [0.15, 0.2) is 11.0 Å². The number of rotatable bonds is 4. The lowest BCUT2D eigenvalue weighted by Crippen LogP contribution is -2.04. The van der Waals surface area contributed by atoms with Crippen LogP contribution in [0.4, 0.5) is 5.82 Å². The van der Waals surface area contributed by atoms with Gasteiger partial charge in [-0.3, -0.25) is 0 Å².